The molecule has 2 aromatic rings. The molecular weight excluding hydrogens is 398 g/mol. The van der Waals surface area contributed by atoms with E-state index in [1.165, 1.54) is 11.9 Å². The molecule has 1 aliphatic heterocycles. The molecule has 9 heteroatoms. The van der Waals surface area contributed by atoms with Gasteiger partial charge in [-0.1, -0.05) is 18.2 Å². The molecule has 0 spiro atoms. The average molecular weight is 424 g/mol. The Kier molecular flexibility index (Phi) is 6.63. The number of likely N-dealkylation sites (N-methyl/N-ethyl adjacent to an activating group) is 1. The maximum Gasteiger partial charge on any atom is 0.254 e. The number of carbonyl (C=O) groups is 3. The molecular formula is C22H26BFN4O3. The van der Waals surface area contributed by atoms with Crippen molar-refractivity contribution in [2.45, 2.75) is 31.4 Å². The Morgan fingerprint density at radius 3 is 2.61 bits per heavy atom. The molecule has 0 aromatic heterocycles. The maximum absolute atomic E-state index is 14.5. The largest absolute Gasteiger partial charge is 0.386 e. The minimum absolute atomic E-state index is 0.163. The number of carbonyl (C=O) groups excluding carboxylic acids is 3. The van der Waals surface area contributed by atoms with Gasteiger partial charge >= 0.3 is 0 Å². The number of hydrogen-bond donors (Lipinski definition) is 3. The summed E-state index contributed by atoms with van der Waals surface area (Å²) < 4.78 is 14.5. The van der Waals surface area contributed by atoms with E-state index < -0.39 is 5.44 Å². The van der Waals surface area contributed by atoms with Gasteiger partial charge in [0.25, 0.3) is 5.91 Å². The molecule has 3 N–H and O–H groups in total. The highest BCUT2D eigenvalue weighted by atomic mass is 19.1. The predicted octanol–water partition coefficient (Wildman–Crippen LogP) is 1.49. The molecule has 2 aromatic carbocycles. The number of nitrogens with one attached hydrogen (secondary N) is 3. The first-order valence-electron chi connectivity index (χ1n) is 10.2. The number of aldehydes is 1. The van der Waals surface area contributed by atoms with Gasteiger partial charge in [0.15, 0.2) is 5.82 Å². The highest BCUT2D eigenvalue weighted by Gasteiger charge is 2.45. The molecule has 0 bridgehead atoms. The molecule has 162 valence electrons. The van der Waals surface area contributed by atoms with Crippen molar-refractivity contribution in [2.24, 2.45) is 0 Å². The van der Waals surface area contributed by atoms with Crippen LogP contribution in [0.5, 0.6) is 0 Å². The summed E-state index contributed by atoms with van der Waals surface area (Å²) in [7, 11) is 4.84. The van der Waals surface area contributed by atoms with Gasteiger partial charge in [-0.2, -0.15) is 0 Å². The van der Waals surface area contributed by atoms with Crippen LogP contribution in [0.1, 0.15) is 34.3 Å². The topological polar surface area (TPSA) is 90.5 Å². The molecule has 1 atom stereocenters. The summed E-state index contributed by atoms with van der Waals surface area (Å²) in [5, 5.41) is 8.65. The van der Waals surface area contributed by atoms with Crippen molar-refractivity contribution in [3.05, 3.63) is 58.9 Å². The van der Waals surface area contributed by atoms with Gasteiger partial charge in [-0.15, -0.1) is 0 Å². The van der Waals surface area contributed by atoms with Crippen LogP contribution in [0.3, 0.4) is 0 Å². The second-order valence-corrected chi connectivity index (χ2v) is 7.66. The standard InChI is InChI=1S/C22H26BFN4O3/c1-25-18-9-3-6-14(19(18)24)12-27-17-8-4-7-15-16(17)13-28(20(15)30)22(23,10-5-11-29)21(31)26-2/h3-4,6-9,11,25,27H,5,10,12-13,23H2,1-2H3,(H,26,31). The predicted molar refractivity (Wildman–Crippen MR) is 120 cm³/mol. The SMILES string of the molecule is BC(CCC=O)(C(=O)NC)N1Cc2c(NCc3cccc(NC)c3F)cccc2C1=O. The van der Waals surface area contributed by atoms with Crippen LogP contribution in [0.4, 0.5) is 15.8 Å². The van der Waals surface area contributed by atoms with Gasteiger partial charge in [-0.05, 0) is 24.6 Å². The van der Waals surface area contributed by atoms with Gasteiger partial charge in [0.1, 0.15) is 14.1 Å². The average Bonchev–Trinajstić information content (AvgIpc) is 3.14. The zero-order valence-corrected chi connectivity index (χ0v) is 17.9. The van der Waals surface area contributed by atoms with Crippen LogP contribution in [0.25, 0.3) is 0 Å². The number of fused-ring (bicyclic) bond motifs is 1. The third kappa shape index (κ3) is 4.12. The van der Waals surface area contributed by atoms with E-state index in [0.29, 0.717) is 22.5 Å². The van der Waals surface area contributed by atoms with Crippen LogP contribution >= 0.6 is 0 Å². The number of nitrogens with zero attached hydrogens (tertiary/aromatic N) is 1. The van der Waals surface area contributed by atoms with Crippen molar-refractivity contribution in [2.75, 3.05) is 24.7 Å². The number of rotatable bonds is 9. The van der Waals surface area contributed by atoms with Gasteiger partial charge in [0.2, 0.25) is 5.91 Å². The van der Waals surface area contributed by atoms with E-state index in [4.69, 9.17) is 0 Å². The fourth-order valence-electron chi connectivity index (χ4n) is 3.98. The number of halogens is 1. The van der Waals surface area contributed by atoms with Crippen LogP contribution in [0.2, 0.25) is 0 Å². The molecule has 0 fully saturated rings. The molecule has 31 heavy (non-hydrogen) atoms. The van der Waals surface area contributed by atoms with Crippen LogP contribution < -0.4 is 16.0 Å². The summed E-state index contributed by atoms with van der Waals surface area (Å²) in [5.74, 6) is -0.918. The van der Waals surface area contributed by atoms with Gasteiger partial charge in [0.05, 0.1) is 11.1 Å². The minimum Gasteiger partial charge on any atom is -0.386 e. The van der Waals surface area contributed by atoms with E-state index in [2.05, 4.69) is 16.0 Å². The van der Waals surface area contributed by atoms with E-state index in [9.17, 15) is 18.8 Å². The summed E-state index contributed by atoms with van der Waals surface area (Å²) in [6, 6.07) is 10.4. The molecule has 1 heterocycles. The lowest BCUT2D eigenvalue weighted by molar-refractivity contribution is -0.127. The fraction of sp³-hybridized carbons (Fsp3) is 0.318. The monoisotopic (exact) mass is 424 g/mol. The lowest BCUT2D eigenvalue weighted by atomic mass is 9.71. The van der Waals surface area contributed by atoms with Crippen molar-refractivity contribution in [3.63, 3.8) is 0 Å². The maximum atomic E-state index is 14.5. The molecule has 0 saturated carbocycles. The van der Waals surface area contributed by atoms with E-state index in [-0.39, 0.29) is 43.6 Å². The van der Waals surface area contributed by atoms with E-state index in [0.717, 1.165) is 11.8 Å². The molecule has 3 rings (SSSR count). The van der Waals surface area contributed by atoms with Crippen molar-refractivity contribution < 1.29 is 18.8 Å². The Hall–Kier alpha value is -3.36. The lowest BCUT2D eigenvalue weighted by Crippen LogP contribution is -2.59. The molecule has 1 unspecified atom stereocenters. The second-order valence-electron chi connectivity index (χ2n) is 7.66. The molecule has 1 aliphatic rings. The van der Waals surface area contributed by atoms with Crippen LogP contribution in [-0.4, -0.2) is 50.4 Å². The first kappa shape index (κ1) is 22.3. The van der Waals surface area contributed by atoms with Crippen molar-refractivity contribution >= 4 is 37.3 Å². The lowest BCUT2D eigenvalue weighted by Gasteiger charge is -2.37. The van der Waals surface area contributed by atoms with Gasteiger partial charge in [0, 0.05) is 56.0 Å². The Balaban J connectivity index is 1.88. The first-order valence-corrected chi connectivity index (χ1v) is 10.2. The third-order valence-corrected chi connectivity index (χ3v) is 5.85. The van der Waals surface area contributed by atoms with Crippen LogP contribution in [-0.2, 0) is 22.7 Å². The van der Waals surface area contributed by atoms with Crippen molar-refractivity contribution in [1.29, 1.82) is 0 Å². The second kappa shape index (κ2) is 9.20. The van der Waals surface area contributed by atoms with E-state index in [1.54, 1.807) is 45.2 Å². The quantitative estimate of drug-likeness (QED) is 0.419. The summed E-state index contributed by atoms with van der Waals surface area (Å²) in [5.41, 5.74) is 1.70. The Morgan fingerprint density at radius 2 is 1.94 bits per heavy atom. The zero-order chi connectivity index (χ0) is 22.6. The van der Waals surface area contributed by atoms with Crippen molar-refractivity contribution in [1.82, 2.24) is 10.2 Å². The Bertz CT molecular complexity index is 1020. The normalized spacial score (nSPS) is 14.5. The highest BCUT2D eigenvalue weighted by molar-refractivity contribution is 6.30. The molecule has 0 saturated heterocycles. The van der Waals surface area contributed by atoms with Gasteiger partial charge in [-0.3, -0.25) is 9.59 Å². The number of anilines is 2. The van der Waals surface area contributed by atoms with Crippen LogP contribution in [0.15, 0.2) is 36.4 Å². The summed E-state index contributed by atoms with van der Waals surface area (Å²) in [6.07, 6.45) is 1.13. The molecule has 7 nitrogen and oxygen atoms in total. The smallest absolute Gasteiger partial charge is 0.254 e. The third-order valence-electron chi connectivity index (χ3n) is 5.85. The fourth-order valence-corrected chi connectivity index (χ4v) is 3.98. The summed E-state index contributed by atoms with van der Waals surface area (Å²) in [6.45, 7) is 0.461. The van der Waals surface area contributed by atoms with Gasteiger partial charge < -0.3 is 25.6 Å². The number of hydrogen-bond acceptors (Lipinski definition) is 5. The van der Waals surface area contributed by atoms with E-state index >= 15 is 0 Å². The molecule has 2 amide bonds. The summed E-state index contributed by atoms with van der Waals surface area (Å²) in [4.78, 5) is 38.2. The highest BCUT2D eigenvalue weighted by Crippen LogP contribution is 2.35. The summed E-state index contributed by atoms with van der Waals surface area (Å²) >= 11 is 0. The Morgan fingerprint density at radius 1 is 1.23 bits per heavy atom. The number of amides is 2. The first-order chi connectivity index (χ1) is 14.9. The number of benzene rings is 2. The minimum atomic E-state index is -1.16. The Labute approximate surface area is 181 Å². The van der Waals surface area contributed by atoms with Crippen LogP contribution in [0, 0.1) is 5.82 Å². The van der Waals surface area contributed by atoms with Gasteiger partial charge in [-0.25, -0.2) is 4.39 Å². The van der Waals surface area contributed by atoms with Crippen molar-refractivity contribution in [3.8, 4) is 0 Å². The zero-order valence-electron chi connectivity index (χ0n) is 17.9. The van der Waals surface area contributed by atoms with E-state index in [1.807, 2.05) is 6.07 Å². The molecule has 0 radical (unpaired) electrons. The molecule has 0 aliphatic carbocycles.